The second-order valence-electron chi connectivity index (χ2n) is 6.64. The van der Waals surface area contributed by atoms with Crippen LogP contribution in [0.15, 0.2) is 24.3 Å². The van der Waals surface area contributed by atoms with Crippen molar-refractivity contribution in [2.75, 3.05) is 13.1 Å². The molecule has 2 atom stereocenters. The summed E-state index contributed by atoms with van der Waals surface area (Å²) in [5, 5.41) is 10.8. The lowest BCUT2D eigenvalue weighted by molar-refractivity contribution is -0.0838. The summed E-state index contributed by atoms with van der Waals surface area (Å²) < 4.78 is 29.5. The van der Waals surface area contributed by atoms with Gasteiger partial charge < -0.3 is 9.84 Å². The Kier molecular flexibility index (Phi) is 4.37. The van der Waals surface area contributed by atoms with Gasteiger partial charge >= 0.3 is 6.61 Å². The second kappa shape index (κ2) is 6.13. The normalized spacial score (nSPS) is 29.8. The van der Waals surface area contributed by atoms with Gasteiger partial charge in [0.2, 0.25) is 0 Å². The summed E-state index contributed by atoms with van der Waals surface area (Å²) >= 11 is 0. The van der Waals surface area contributed by atoms with Crippen molar-refractivity contribution in [1.82, 2.24) is 4.90 Å². The van der Waals surface area contributed by atoms with Crippen LogP contribution in [0.25, 0.3) is 0 Å². The molecule has 3 nitrogen and oxygen atoms in total. The van der Waals surface area contributed by atoms with Gasteiger partial charge in [-0.3, -0.25) is 4.90 Å². The zero-order valence-electron chi connectivity index (χ0n) is 12.8. The van der Waals surface area contributed by atoms with E-state index in [4.69, 9.17) is 0 Å². The highest BCUT2D eigenvalue weighted by atomic mass is 19.3. The number of ether oxygens (including phenoxy) is 1. The maximum absolute atomic E-state index is 12.5. The number of aliphatic hydroxyl groups is 1. The molecule has 2 aliphatic rings. The predicted molar refractivity (Wildman–Crippen MR) is 79.8 cm³/mol. The number of para-hydroxylation sites is 1. The van der Waals surface area contributed by atoms with Crippen molar-refractivity contribution in [2.24, 2.45) is 11.8 Å². The van der Waals surface area contributed by atoms with Crippen molar-refractivity contribution in [3.63, 3.8) is 0 Å². The molecule has 0 bridgehead atoms. The monoisotopic (exact) mass is 311 g/mol. The average Bonchev–Trinajstić information content (AvgIpc) is 3.29. The average molecular weight is 311 g/mol. The number of rotatable bonds is 5. The van der Waals surface area contributed by atoms with Gasteiger partial charge in [0, 0.05) is 25.2 Å². The first-order valence-electron chi connectivity index (χ1n) is 7.96. The standard InChI is InChI=1S/C17H23F2NO2/c1-12-10-20(9-8-17(12,21)14-6-7-14)11-13-4-2-3-5-15(13)22-16(18)19/h2-5,12,14,16,21H,6-11H2,1H3/t12-,17+/m1/s1. The summed E-state index contributed by atoms with van der Waals surface area (Å²) in [7, 11) is 0. The maximum Gasteiger partial charge on any atom is 0.387 e. The third kappa shape index (κ3) is 3.25. The Balaban J connectivity index is 1.65. The molecular weight excluding hydrogens is 288 g/mol. The van der Waals surface area contributed by atoms with E-state index in [0.717, 1.165) is 37.9 Å². The van der Waals surface area contributed by atoms with Gasteiger partial charge in [-0.25, -0.2) is 0 Å². The van der Waals surface area contributed by atoms with Crippen LogP contribution in [-0.2, 0) is 6.54 Å². The number of nitrogens with zero attached hydrogens (tertiary/aromatic N) is 1. The van der Waals surface area contributed by atoms with Crippen molar-refractivity contribution in [1.29, 1.82) is 0 Å². The minimum Gasteiger partial charge on any atom is -0.434 e. The quantitative estimate of drug-likeness (QED) is 0.906. The fraction of sp³-hybridized carbons (Fsp3) is 0.647. The van der Waals surface area contributed by atoms with Crippen LogP contribution in [0.4, 0.5) is 8.78 Å². The van der Waals surface area contributed by atoms with E-state index in [1.165, 1.54) is 0 Å². The lowest BCUT2D eigenvalue weighted by Gasteiger charge is -2.43. The van der Waals surface area contributed by atoms with Crippen LogP contribution >= 0.6 is 0 Å². The van der Waals surface area contributed by atoms with Gasteiger partial charge in [-0.15, -0.1) is 0 Å². The number of halogens is 2. The molecule has 5 heteroatoms. The minimum absolute atomic E-state index is 0.205. The summed E-state index contributed by atoms with van der Waals surface area (Å²) in [6.45, 7) is 1.44. The molecule has 3 rings (SSSR count). The van der Waals surface area contributed by atoms with Crippen molar-refractivity contribution >= 4 is 0 Å². The van der Waals surface area contributed by atoms with Crippen LogP contribution in [0.5, 0.6) is 5.75 Å². The topological polar surface area (TPSA) is 32.7 Å². The van der Waals surface area contributed by atoms with Crippen molar-refractivity contribution in [2.45, 2.75) is 44.9 Å². The van der Waals surface area contributed by atoms with Gasteiger partial charge in [0.1, 0.15) is 5.75 Å². The smallest absolute Gasteiger partial charge is 0.387 e. The third-order valence-corrected chi connectivity index (χ3v) is 5.08. The first-order chi connectivity index (χ1) is 10.5. The van der Waals surface area contributed by atoms with E-state index < -0.39 is 12.2 Å². The van der Waals surface area contributed by atoms with E-state index in [1.54, 1.807) is 12.1 Å². The van der Waals surface area contributed by atoms with E-state index in [2.05, 4.69) is 16.6 Å². The Labute approximate surface area is 129 Å². The molecule has 122 valence electrons. The van der Waals surface area contributed by atoms with Crippen LogP contribution in [-0.4, -0.2) is 35.3 Å². The van der Waals surface area contributed by atoms with Crippen molar-refractivity contribution < 1.29 is 18.6 Å². The van der Waals surface area contributed by atoms with E-state index in [1.807, 2.05) is 12.1 Å². The number of hydrogen-bond donors (Lipinski definition) is 1. The summed E-state index contributed by atoms with van der Waals surface area (Å²) in [6.07, 6.45) is 3.02. The van der Waals surface area contributed by atoms with Crippen LogP contribution < -0.4 is 4.74 Å². The fourth-order valence-corrected chi connectivity index (χ4v) is 3.64. The van der Waals surface area contributed by atoms with E-state index in [0.29, 0.717) is 12.5 Å². The summed E-state index contributed by atoms with van der Waals surface area (Å²) in [5.74, 6) is 0.907. The molecule has 1 aromatic rings. The molecule has 0 amide bonds. The maximum atomic E-state index is 12.5. The van der Waals surface area contributed by atoms with Gasteiger partial charge in [-0.2, -0.15) is 8.78 Å². The molecule has 0 aromatic heterocycles. The Morgan fingerprint density at radius 3 is 2.73 bits per heavy atom. The fourth-order valence-electron chi connectivity index (χ4n) is 3.64. The summed E-state index contributed by atoms with van der Waals surface area (Å²) in [5.41, 5.74) is 0.238. The Morgan fingerprint density at radius 2 is 2.09 bits per heavy atom. The van der Waals surface area contributed by atoms with E-state index in [-0.39, 0.29) is 11.7 Å². The Bertz CT molecular complexity index is 521. The molecule has 0 spiro atoms. The van der Waals surface area contributed by atoms with Crippen LogP contribution in [0, 0.1) is 11.8 Å². The van der Waals surface area contributed by atoms with Crippen LogP contribution in [0.1, 0.15) is 31.7 Å². The lowest BCUT2D eigenvalue weighted by Crippen LogP contribution is -2.51. The minimum atomic E-state index is -2.80. The number of alkyl halides is 2. The van der Waals surface area contributed by atoms with Crippen molar-refractivity contribution in [3.8, 4) is 5.75 Å². The van der Waals surface area contributed by atoms with Crippen LogP contribution in [0.2, 0.25) is 0 Å². The molecule has 22 heavy (non-hydrogen) atoms. The second-order valence-corrected chi connectivity index (χ2v) is 6.64. The molecule has 1 N–H and O–H groups in total. The highest BCUT2D eigenvalue weighted by Crippen LogP contribution is 2.47. The predicted octanol–water partition coefficient (Wildman–Crippen LogP) is 3.27. The molecule has 0 radical (unpaired) electrons. The molecule has 1 aliphatic heterocycles. The number of benzene rings is 1. The molecule has 1 heterocycles. The summed E-state index contributed by atoms with van der Waals surface area (Å²) in [6, 6.07) is 6.94. The Morgan fingerprint density at radius 1 is 1.36 bits per heavy atom. The van der Waals surface area contributed by atoms with E-state index >= 15 is 0 Å². The molecule has 1 saturated heterocycles. The van der Waals surface area contributed by atoms with Crippen LogP contribution in [0.3, 0.4) is 0 Å². The first kappa shape index (κ1) is 15.7. The zero-order valence-corrected chi connectivity index (χ0v) is 12.8. The van der Waals surface area contributed by atoms with Gasteiger partial charge in [0.25, 0.3) is 0 Å². The van der Waals surface area contributed by atoms with Gasteiger partial charge in [0.15, 0.2) is 0 Å². The number of likely N-dealkylation sites (tertiary alicyclic amines) is 1. The number of hydrogen-bond acceptors (Lipinski definition) is 3. The highest BCUT2D eigenvalue weighted by Gasteiger charge is 2.49. The van der Waals surface area contributed by atoms with Crippen molar-refractivity contribution in [3.05, 3.63) is 29.8 Å². The largest absolute Gasteiger partial charge is 0.434 e. The zero-order chi connectivity index (χ0) is 15.7. The van der Waals surface area contributed by atoms with E-state index in [9.17, 15) is 13.9 Å². The first-order valence-corrected chi connectivity index (χ1v) is 7.96. The SMILES string of the molecule is C[C@@H]1CN(Cc2ccccc2OC(F)F)CC[C@@]1(O)C1CC1. The molecule has 2 fully saturated rings. The number of piperidine rings is 1. The third-order valence-electron chi connectivity index (χ3n) is 5.08. The molecule has 1 aliphatic carbocycles. The Hall–Kier alpha value is -1.20. The summed E-state index contributed by atoms with van der Waals surface area (Å²) in [4.78, 5) is 2.22. The molecule has 1 saturated carbocycles. The molecule has 1 aromatic carbocycles. The van der Waals surface area contributed by atoms with Gasteiger partial charge in [0.05, 0.1) is 5.60 Å². The molecular formula is C17H23F2NO2. The van der Waals surface area contributed by atoms with Gasteiger partial charge in [-0.05, 0) is 37.2 Å². The molecule has 0 unspecified atom stereocenters. The highest BCUT2D eigenvalue weighted by molar-refractivity contribution is 5.33. The van der Waals surface area contributed by atoms with Gasteiger partial charge in [-0.1, -0.05) is 25.1 Å². The lowest BCUT2D eigenvalue weighted by atomic mass is 9.78.